The second-order valence-corrected chi connectivity index (χ2v) is 14.5. The molecule has 0 aromatic rings. The predicted molar refractivity (Wildman–Crippen MR) is 138 cm³/mol. The van der Waals surface area contributed by atoms with E-state index in [0.717, 1.165) is 44.9 Å². The van der Waals surface area contributed by atoms with E-state index in [1.54, 1.807) is 0 Å². The molecule has 0 saturated heterocycles. The summed E-state index contributed by atoms with van der Waals surface area (Å²) in [6.07, 6.45) is 11.6. The van der Waals surface area contributed by atoms with Gasteiger partial charge in [0.05, 0.1) is 11.5 Å². The summed E-state index contributed by atoms with van der Waals surface area (Å²) >= 11 is 0. The third kappa shape index (κ3) is 3.37. The molecule has 0 unspecified atom stereocenters. The molecular weight excluding hydrogens is 494 g/mol. The molecule has 0 aliphatic heterocycles. The van der Waals surface area contributed by atoms with E-state index in [9.17, 15) is 15.0 Å². The van der Waals surface area contributed by atoms with Gasteiger partial charge in [0.25, 0.3) is 0 Å². The molecule has 34 heavy (non-hydrogen) atoms. The second-order valence-electron chi connectivity index (χ2n) is 14.5. The third-order valence-electron chi connectivity index (χ3n) is 13.4. The summed E-state index contributed by atoms with van der Waals surface area (Å²) < 4.78 is 0. The van der Waals surface area contributed by atoms with Gasteiger partial charge in [-0.25, -0.2) is 0 Å². The van der Waals surface area contributed by atoms with Crippen LogP contribution in [0.5, 0.6) is 0 Å². The van der Waals surface area contributed by atoms with E-state index >= 15 is 0 Å². The van der Waals surface area contributed by atoms with Crippen LogP contribution in [0.3, 0.4) is 0 Å². The number of carbonyl (C=O) groups is 1. The van der Waals surface area contributed by atoms with E-state index in [1.807, 2.05) is 0 Å². The van der Waals surface area contributed by atoms with Crippen LogP contribution in [-0.4, -0.2) is 80.5 Å². The zero-order chi connectivity index (χ0) is 24.2. The first-order valence-electron chi connectivity index (χ1n) is 13.9. The summed E-state index contributed by atoms with van der Waals surface area (Å²) in [7, 11) is 0. The minimum atomic E-state index is -0.557. The average Bonchev–Trinajstić information content (AvgIpc) is 2.74. The zero-order valence-electron chi connectivity index (χ0n) is 23.2. The van der Waals surface area contributed by atoms with Crippen molar-refractivity contribution >= 4 is 64.2 Å². The molecule has 1 radical (unpaired) electrons. The molecule has 5 aliphatic carbocycles. The molecule has 0 heterocycles. The average molecular weight is 542 g/mol. The molecule has 4 fully saturated rings. The van der Waals surface area contributed by atoms with Gasteiger partial charge >= 0.3 is 5.97 Å². The molecular formula is C30H48O3Rb. The second kappa shape index (κ2) is 8.75. The normalized spacial score (nSPS) is 53.7. The van der Waals surface area contributed by atoms with Crippen LogP contribution >= 0.6 is 0 Å². The molecule has 0 amide bonds. The van der Waals surface area contributed by atoms with Crippen LogP contribution in [-0.2, 0) is 4.79 Å². The Morgan fingerprint density at radius 2 is 1.59 bits per heavy atom. The first-order chi connectivity index (χ1) is 15.3. The summed E-state index contributed by atoms with van der Waals surface area (Å²) in [5, 5.41) is 21.4. The van der Waals surface area contributed by atoms with Crippen molar-refractivity contribution in [1.29, 1.82) is 0 Å². The van der Waals surface area contributed by atoms with Gasteiger partial charge < -0.3 is 10.2 Å². The summed E-state index contributed by atoms with van der Waals surface area (Å²) in [5.41, 5.74) is 1.46. The number of aliphatic hydroxyl groups excluding tert-OH is 1. The van der Waals surface area contributed by atoms with Gasteiger partial charge in [-0.05, 0) is 109 Å². The largest absolute Gasteiger partial charge is 0.481 e. The fourth-order valence-electron chi connectivity index (χ4n) is 10.8. The molecule has 4 saturated carbocycles. The fourth-order valence-corrected chi connectivity index (χ4v) is 10.8. The van der Waals surface area contributed by atoms with Crippen molar-refractivity contribution in [3.63, 3.8) is 0 Å². The monoisotopic (exact) mass is 541 g/mol. The van der Waals surface area contributed by atoms with Gasteiger partial charge in [0.15, 0.2) is 0 Å². The fraction of sp³-hybridized carbons (Fsp3) is 0.900. The number of carboxylic acids is 1. The van der Waals surface area contributed by atoms with Crippen LogP contribution in [0.4, 0.5) is 0 Å². The molecule has 5 rings (SSSR count). The molecule has 2 N–H and O–H groups in total. The molecule has 0 aromatic heterocycles. The minimum Gasteiger partial charge on any atom is -0.481 e. The molecule has 0 bridgehead atoms. The van der Waals surface area contributed by atoms with Crippen molar-refractivity contribution in [2.75, 3.05) is 0 Å². The van der Waals surface area contributed by atoms with E-state index in [0.29, 0.717) is 23.7 Å². The predicted octanol–water partition coefficient (Wildman–Crippen LogP) is 6.71. The number of hydrogen-bond donors (Lipinski definition) is 2. The van der Waals surface area contributed by atoms with Gasteiger partial charge in [-0.3, -0.25) is 4.79 Å². The zero-order valence-corrected chi connectivity index (χ0v) is 28.1. The van der Waals surface area contributed by atoms with E-state index in [2.05, 4.69) is 54.5 Å². The maximum Gasteiger partial charge on any atom is 0.310 e. The van der Waals surface area contributed by atoms with Gasteiger partial charge in [0.1, 0.15) is 0 Å². The maximum atomic E-state index is 12.8. The summed E-state index contributed by atoms with van der Waals surface area (Å²) in [4.78, 5) is 12.8. The Hall–Kier alpha value is 0.975. The first-order valence-corrected chi connectivity index (χ1v) is 13.9. The Labute approximate surface area is 257 Å². The van der Waals surface area contributed by atoms with E-state index < -0.39 is 11.4 Å². The Morgan fingerprint density at radius 1 is 0.912 bits per heavy atom. The van der Waals surface area contributed by atoms with Gasteiger partial charge in [0.2, 0.25) is 0 Å². The molecule has 0 aromatic carbocycles. The molecule has 4 heteroatoms. The van der Waals surface area contributed by atoms with Crippen LogP contribution in [0, 0.1) is 56.7 Å². The first kappa shape index (κ1) is 28.0. The van der Waals surface area contributed by atoms with Crippen molar-refractivity contribution in [1.82, 2.24) is 0 Å². The van der Waals surface area contributed by atoms with Gasteiger partial charge in [-0.1, -0.05) is 60.1 Å². The van der Waals surface area contributed by atoms with Crippen molar-refractivity contribution < 1.29 is 15.0 Å². The van der Waals surface area contributed by atoms with Gasteiger partial charge in [0, 0.05) is 58.2 Å². The van der Waals surface area contributed by atoms with Gasteiger partial charge in [-0.15, -0.1) is 0 Å². The van der Waals surface area contributed by atoms with E-state index in [4.69, 9.17) is 0 Å². The SMILES string of the molecule is C[C@H]1[C@H](C)CC[C@]2(C(=O)O)CC[C@]3(C)C(=CC[C@@H]4[C@@]5(C)CC[C@H](O)C(C)(C)[C@@H]5CC[C@]43C)[C@H]12.[Rb]. The quantitative estimate of drug-likeness (QED) is 0.363. The minimum absolute atomic E-state index is 0. The Morgan fingerprint density at radius 3 is 2.24 bits per heavy atom. The number of rotatable bonds is 1. The molecule has 3 nitrogen and oxygen atoms in total. The van der Waals surface area contributed by atoms with Crippen LogP contribution in [0.25, 0.3) is 0 Å². The molecule has 0 spiro atoms. The maximum absolute atomic E-state index is 12.8. The molecule has 10 atom stereocenters. The number of fused-ring (bicyclic) bond motifs is 7. The third-order valence-corrected chi connectivity index (χ3v) is 13.4. The Balaban J connectivity index is 0.00000274. The van der Waals surface area contributed by atoms with Crippen molar-refractivity contribution in [2.45, 2.75) is 112 Å². The molecule has 187 valence electrons. The number of hydrogen-bond acceptors (Lipinski definition) is 2. The number of allylic oxidation sites excluding steroid dienone is 2. The van der Waals surface area contributed by atoms with Crippen LogP contribution in [0.2, 0.25) is 0 Å². The van der Waals surface area contributed by atoms with Crippen LogP contribution < -0.4 is 0 Å². The molecule has 5 aliphatic rings. The van der Waals surface area contributed by atoms with Crippen LogP contribution in [0.15, 0.2) is 11.6 Å². The van der Waals surface area contributed by atoms with Gasteiger partial charge in [-0.2, -0.15) is 0 Å². The van der Waals surface area contributed by atoms with Crippen molar-refractivity contribution in [3.8, 4) is 0 Å². The van der Waals surface area contributed by atoms with Crippen molar-refractivity contribution in [3.05, 3.63) is 11.6 Å². The Kier molecular flexibility index (Phi) is 7.21. The van der Waals surface area contributed by atoms with E-state index in [-0.39, 0.29) is 91.9 Å². The Bertz CT molecular complexity index is 880. The van der Waals surface area contributed by atoms with Crippen LogP contribution in [0.1, 0.15) is 106 Å². The summed E-state index contributed by atoms with van der Waals surface area (Å²) in [6.45, 7) is 17.0. The van der Waals surface area contributed by atoms with Crippen molar-refractivity contribution in [2.24, 2.45) is 56.7 Å². The summed E-state index contributed by atoms with van der Waals surface area (Å²) in [5.74, 6) is 1.82. The smallest absolute Gasteiger partial charge is 0.310 e. The number of aliphatic carboxylic acids is 1. The number of aliphatic hydroxyl groups is 1. The summed E-state index contributed by atoms with van der Waals surface area (Å²) in [6, 6.07) is 0. The number of carboxylic acid groups (broad SMARTS) is 1. The topological polar surface area (TPSA) is 57.5 Å². The standard InChI is InChI=1S/C30H48O3.Rb/c1-18-10-15-30(25(32)33)17-16-28(6)20(24(30)19(18)2)8-9-22-27(5)13-12-23(31)26(3,4)21(27)11-14-29(22,28)7;/h8,18-19,21-24,31H,9-17H2,1-7H3,(H,32,33);/t18-,19+,21+,22-,23+,24+,27+,28-,29-,30+;/m1./s1. The van der Waals surface area contributed by atoms with E-state index in [1.165, 1.54) is 18.4 Å².